The normalized spacial score (nSPS) is 12.2. The van der Waals surface area contributed by atoms with Crippen molar-refractivity contribution >= 4 is 0 Å². The predicted octanol–water partition coefficient (Wildman–Crippen LogP) is 3.04. The maximum absolute atomic E-state index is 12.1. The first-order chi connectivity index (χ1) is 12.6. The summed E-state index contributed by atoms with van der Waals surface area (Å²) in [4.78, 5) is 12.1. The first kappa shape index (κ1) is 16.1. The minimum Gasteiger partial charge on any atom is -0.318 e. The number of nitrogens with zero attached hydrogens (tertiary/aromatic N) is 5. The molecule has 3 heterocycles. The molecular formula is C20H19N5O. The van der Waals surface area contributed by atoms with E-state index in [1.165, 1.54) is 5.56 Å². The van der Waals surface area contributed by atoms with E-state index in [0.717, 1.165) is 16.8 Å². The number of hydrogen-bond acceptors (Lipinski definition) is 3. The van der Waals surface area contributed by atoms with Gasteiger partial charge in [-0.1, -0.05) is 30.3 Å². The summed E-state index contributed by atoms with van der Waals surface area (Å²) in [6.07, 6.45) is 9.18. The molecule has 0 aliphatic carbocycles. The maximum Gasteiger partial charge on any atom is 0.252 e. The summed E-state index contributed by atoms with van der Waals surface area (Å²) < 4.78 is 5.21. The van der Waals surface area contributed by atoms with Crippen molar-refractivity contribution in [2.45, 2.75) is 13.0 Å². The summed E-state index contributed by atoms with van der Waals surface area (Å²) in [6, 6.07) is 13.8. The molecular weight excluding hydrogens is 326 g/mol. The maximum atomic E-state index is 12.1. The largest absolute Gasteiger partial charge is 0.318 e. The lowest BCUT2D eigenvalue weighted by Gasteiger charge is -2.12. The predicted molar refractivity (Wildman–Crippen MR) is 100 cm³/mol. The smallest absolute Gasteiger partial charge is 0.252 e. The van der Waals surface area contributed by atoms with Crippen LogP contribution in [0.15, 0.2) is 78.2 Å². The van der Waals surface area contributed by atoms with Gasteiger partial charge >= 0.3 is 0 Å². The molecule has 1 atom stereocenters. The monoisotopic (exact) mass is 345 g/mol. The quantitative estimate of drug-likeness (QED) is 0.571. The van der Waals surface area contributed by atoms with Crippen LogP contribution in [0.1, 0.15) is 18.5 Å². The first-order valence-corrected chi connectivity index (χ1v) is 8.43. The highest BCUT2D eigenvalue weighted by Crippen LogP contribution is 2.26. The number of rotatable bonds is 4. The third-order valence-corrected chi connectivity index (χ3v) is 4.55. The van der Waals surface area contributed by atoms with E-state index in [-0.39, 0.29) is 11.6 Å². The van der Waals surface area contributed by atoms with E-state index in [1.807, 2.05) is 53.7 Å². The van der Waals surface area contributed by atoms with Crippen LogP contribution in [0.5, 0.6) is 0 Å². The van der Waals surface area contributed by atoms with Crippen molar-refractivity contribution in [1.82, 2.24) is 24.1 Å². The molecule has 0 saturated heterocycles. The first-order valence-electron chi connectivity index (χ1n) is 8.43. The molecule has 4 aromatic rings. The average molecular weight is 345 g/mol. The van der Waals surface area contributed by atoms with Crippen LogP contribution in [0.4, 0.5) is 0 Å². The molecule has 130 valence electrons. The Labute approximate surface area is 151 Å². The van der Waals surface area contributed by atoms with Crippen LogP contribution in [-0.4, -0.2) is 24.1 Å². The third-order valence-electron chi connectivity index (χ3n) is 4.55. The Kier molecular flexibility index (Phi) is 4.01. The van der Waals surface area contributed by atoms with Gasteiger partial charge in [0.05, 0.1) is 17.9 Å². The van der Waals surface area contributed by atoms with Gasteiger partial charge in [0, 0.05) is 49.0 Å². The van der Waals surface area contributed by atoms with Crippen molar-refractivity contribution < 1.29 is 0 Å². The summed E-state index contributed by atoms with van der Waals surface area (Å²) >= 11 is 0. The lowest BCUT2D eigenvalue weighted by molar-refractivity contribution is 0.565. The van der Waals surface area contributed by atoms with E-state index >= 15 is 0 Å². The standard InChI is InChI=1S/C20H19N5O/c1-15(16-7-4-3-5-8-16)25-13-17(12-22-25)18-14-23(2)20(26)11-19(18)24-10-6-9-21-24/h3-15H,1-2H3/t15-/m0/s1. The number of pyridine rings is 1. The zero-order valence-corrected chi connectivity index (χ0v) is 14.6. The minimum absolute atomic E-state index is 0.0794. The van der Waals surface area contributed by atoms with Gasteiger partial charge in [-0.15, -0.1) is 0 Å². The zero-order valence-electron chi connectivity index (χ0n) is 14.6. The fourth-order valence-electron chi connectivity index (χ4n) is 3.02. The molecule has 0 N–H and O–H groups in total. The molecule has 6 heteroatoms. The van der Waals surface area contributed by atoms with Crippen molar-refractivity contribution in [1.29, 1.82) is 0 Å². The molecule has 26 heavy (non-hydrogen) atoms. The van der Waals surface area contributed by atoms with Crippen molar-refractivity contribution in [3.8, 4) is 16.8 Å². The van der Waals surface area contributed by atoms with E-state index in [9.17, 15) is 4.79 Å². The second-order valence-corrected chi connectivity index (χ2v) is 6.27. The van der Waals surface area contributed by atoms with Gasteiger partial charge in [0.1, 0.15) is 0 Å². The highest BCUT2D eigenvalue weighted by Gasteiger charge is 2.14. The van der Waals surface area contributed by atoms with E-state index in [2.05, 4.69) is 29.3 Å². The van der Waals surface area contributed by atoms with Gasteiger partial charge in [-0.05, 0) is 18.6 Å². The molecule has 0 radical (unpaired) electrons. The fraction of sp³-hybridized carbons (Fsp3) is 0.150. The minimum atomic E-state index is -0.0794. The summed E-state index contributed by atoms with van der Waals surface area (Å²) in [7, 11) is 1.75. The molecule has 4 rings (SSSR count). The number of benzene rings is 1. The van der Waals surface area contributed by atoms with Crippen LogP contribution >= 0.6 is 0 Å². The van der Waals surface area contributed by atoms with Crippen LogP contribution in [0.3, 0.4) is 0 Å². The van der Waals surface area contributed by atoms with Crippen molar-refractivity contribution in [3.05, 3.63) is 89.4 Å². The van der Waals surface area contributed by atoms with E-state index in [4.69, 9.17) is 0 Å². The molecule has 0 spiro atoms. The van der Waals surface area contributed by atoms with Crippen molar-refractivity contribution in [2.75, 3.05) is 0 Å². The molecule has 6 nitrogen and oxygen atoms in total. The number of hydrogen-bond donors (Lipinski definition) is 0. The summed E-state index contributed by atoms with van der Waals surface area (Å²) in [5.41, 5.74) is 3.69. The number of aromatic nitrogens is 5. The van der Waals surface area contributed by atoms with Crippen molar-refractivity contribution in [3.63, 3.8) is 0 Å². The Morgan fingerprint density at radius 1 is 1.04 bits per heavy atom. The zero-order chi connectivity index (χ0) is 18.1. The van der Waals surface area contributed by atoms with E-state index in [0.29, 0.717) is 0 Å². The molecule has 0 bridgehead atoms. The molecule has 1 aromatic carbocycles. The van der Waals surface area contributed by atoms with Crippen LogP contribution < -0.4 is 5.56 Å². The van der Waals surface area contributed by atoms with E-state index in [1.54, 1.807) is 28.6 Å². The lowest BCUT2D eigenvalue weighted by atomic mass is 10.1. The van der Waals surface area contributed by atoms with Gasteiger partial charge in [0.15, 0.2) is 0 Å². The van der Waals surface area contributed by atoms with Gasteiger partial charge in [-0.25, -0.2) is 4.68 Å². The summed E-state index contributed by atoms with van der Waals surface area (Å²) in [5, 5.41) is 8.82. The van der Waals surface area contributed by atoms with Gasteiger partial charge in [-0.3, -0.25) is 9.48 Å². The second-order valence-electron chi connectivity index (χ2n) is 6.27. The van der Waals surface area contributed by atoms with Crippen molar-refractivity contribution in [2.24, 2.45) is 7.05 Å². The molecule has 3 aromatic heterocycles. The average Bonchev–Trinajstić information content (AvgIpc) is 3.35. The van der Waals surface area contributed by atoms with Crippen LogP contribution in [0, 0.1) is 0 Å². The molecule has 0 aliphatic rings. The lowest BCUT2D eigenvalue weighted by Crippen LogP contribution is -2.17. The molecule has 0 unspecified atom stereocenters. The molecule has 0 saturated carbocycles. The SMILES string of the molecule is C[C@@H](c1ccccc1)n1cc(-c2cn(C)c(=O)cc2-n2cccn2)cn1. The Hall–Kier alpha value is -3.41. The number of aryl methyl sites for hydroxylation is 1. The van der Waals surface area contributed by atoms with Crippen LogP contribution in [0.25, 0.3) is 16.8 Å². The van der Waals surface area contributed by atoms with Gasteiger partial charge in [0.2, 0.25) is 0 Å². The van der Waals surface area contributed by atoms with Gasteiger partial charge in [0.25, 0.3) is 5.56 Å². The van der Waals surface area contributed by atoms with Crippen LogP contribution in [-0.2, 0) is 7.05 Å². The van der Waals surface area contributed by atoms with Crippen LogP contribution in [0.2, 0.25) is 0 Å². The molecule has 0 aliphatic heterocycles. The Balaban J connectivity index is 1.79. The highest BCUT2D eigenvalue weighted by molar-refractivity contribution is 5.70. The van der Waals surface area contributed by atoms with E-state index < -0.39 is 0 Å². The Morgan fingerprint density at radius 3 is 2.58 bits per heavy atom. The summed E-state index contributed by atoms with van der Waals surface area (Å²) in [6.45, 7) is 2.11. The fourth-order valence-corrected chi connectivity index (χ4v) is 3.02. The van der Waals surface area contributed by atoms with Gasteiger partial charge < -0.3 is 4.57 Å². The van der Waals surface area contributed by atoms with Gasteiger partial charge in [-0.2, -0.15) is 10.2 Å². The Morgan fingerprint density at radius 2 is 1.85 bits per heavy atom. The second kappa shape index (κ2) is 6.48. The summed E-state index contributed by atoms with van der Waals surface area (Å²) in [5.74, 6) is 0. The third kappa shape index (κ3) is 2.86. The Bertz CT molecular complexity index is 1080. The molecule has 0 fully saturated rings. The topological polar surface area (TPSA) is 57.6 Å². The molecule has 0 amide bonds. The highest BCUT2D eigenvalue weighted by atomic mass is 16.1.